The Hall–Kier alpha value is -2.98. The van der Waals surface area contributed by atoms with Gasteiger partial charge in [-0.2, -0.15) is 0 Å². The lowest BCUT2D eigenvalue weighted by atomic mass is 9.72. The number of ether oxygens (including phenoxy) is 4. The third kappa shape index (κ3) is 13.8. The Labute approximate surface area is 262 Å². The van der Waals surface area contributed by atoms with Crippen LogP contribution in [-0.4, -0.2) is 72.7 Å². The van der Waals surface area contributed by atoms with Crippen molar-refractivity contribution >= 4 is 23.9 Å². The Bertz CT molecular complexity index is 1090. The van der Waals surface area contributed by atoms with Gasteiger partial charge in [0.15, 0.2) is 0 Å². The Balaban J connectivity index is 2.68. The van der Waals surface area contributed by atoms with Crippen LogP contribution in [0.5, 0.6) is 0 Å². The fraction of sp³-hybridized carbons (Fsp3) is 0.706. The number of rotatable bonds is 15. The van der Waals surface area contributed by atoms with E-state index in [-0.39, 0.29) is 52.4 Å². The highest BCUT2D eigenvalue weighted by Crippen LogP contribution is 2.37. The lowest BCUT2D eigenvalue weighted by Gasteiger charge is -2.34. The third-order valence-electron chi connectivity index (χ3n) is 7.07. The van der Waals surface area contributed by atoms with E-state index in [1.165, 1.54) is 24.3 Å². The van der Waals surface area contributed by atoms with E-state index < -0.39 is 49.3 Å². The molecule has 0 bridgehead atoms. The van der Waals surface area contributed by atoms with Crippen LogP contribution in [0.3, 0.4) is 0 Å². The van der Waals surface area contributed by atoms with Crippen LogP contribution in [0.4, 0.5) is 0 Å². The standard InChI is InChI=1S/C34H54O10/c1-11-14-26(33(5,6)7)30(39)43-20-22(35)18-41-28(37)24-15-12-13-16-25(24)29(38)42-19-23(36)21-44-31(40)27(34(8,9)10)17-32(2,3)4/h12-13,15-16,22-23,26-27,35-36H,11,14,17-21H2,1-10H3. The van der Waals surface area contributed by atoms with Crippen molar-refractivity contribution in [2.45, 2.75) is 101 Å². The summed E-state index contributed by atoms with van der Waals surface area (Å²) < 4.78 is 21.0. The predicted octanol–water partition coefficient (Wildman–Crippen LogP) is 5.37. The molecule has 0 saturated carbocycles. The number of hydrogen-bond donors (Lipinski definition) is 2. The average Bonchev–Trinajstić information content (AvgIpc) is 2.91. The van der Waals surface area contributed by atoms with Crippen molar-refractivity contribution in [2.24, 2.45) is 28.1 Å². The first-order valence-corrected chi connectivity index (χ1v) is 15.3. The van der Waals surface area contributed by atoms with E-state index in [0.29, 0.717) is 12.8 Å². The molecule has 1 rings (SSSR count). The molecule has 0 aromatic heterocycles. The number of carbonyl (C=O) groups is 4. The first kappa shape index (κ1) is 39.0. The second-order valence-electron chi connectivity index (χ2n) is 14.7. The van der Waals surface area contributed by atoms with Crippen molar-refractivity contribution in [1.82, 2.24) is 0 Å². The van der Waals surface area contributed by atoms with Crippen molar-refractivity contribution in [3.05, 3.63) is 35.4 Å². The normalized spacial score (nSPS) is 15.0. The fourth-order valence-corrected chi connectivity index (χ4v) is 4.54. The van der Waals surface area contributed by atoms with Gasteiger partial charge in [-0.25, -0.2) is 9.59 Å². The van der Waals surface area contributed by atoms with Crippen molar-refractivity contribution in [1.29, 1.82) is 0 Å². The largest absolute Gasteiger partial charge is 0.463 e. The second kappa shape index (κ2) is 16.9. The molecule has 0 amide bonds. The summed E-state index contributed by atoms with van der Waals surface area (Å²) in [7, 11) is 0. The monoisotopic (exact) mass is 622 g/mol. The Morgan fingerprint density at radius 1 is 0.636 bits per heavy atom. The minimum Gasteiger partial charge on any atom is -0.463 e. The SMILES string of the molecule is CCCC(C(=O)OCC(O)COC(=O)c1ccccc1C(=O)OCC(O)COC(=O)C(CC(C)(C)C)C(C)(C)C)C(C)(C)C. The predicted molar refractivity (Wildman–Crippen MR) is 166 cm³/mol. The van der Waals surface area contributed by atoms with Gasteiger partial charge >= 0.3 is 23.9 Å². The molecule has 10 nitrogen and oxygen atoms in total. The molecular formula is C34H54O10. The van der Waals surface area contributed by atoms with E-state index in [1.807, 2.05) is 69.2 Å². The molecule has 1 aromatic carbocycles. The molecule has 1 aromatic rings. The maximum Gasteiger partial charge on any atom is 0.339 e. The molecule has 4 unspecified atom stereocenters. The highest BCUT2D eigenvalue weighted by Gasteiger charge is 2.36. The molecular weight excluding hydrogens is 568 g/mol. The van der Waals surface area contributed by atoms with E-state index in [1.54, 1.807) is 0 Å². The number of aliphatic hydroxyl groups is 2. The van der Waals surface area contributed by atoms with Crippen molar-refractivity contribution in [3.63, 3.8) is 0 Å². The maximum atomic E-state index is 12.8. The number of benzene rings is 1. The number of hydrogen-bond acceptors (Lipinski definition) is 10. The summed E-state index contributed by atoms with van der Waals surface area (Å²) >= 11 is 0. The molecule has 0 radical (unpaired) electrons. The van der Waals surface area contributed by atoms with Gasteiger partial charge < -0.3 is 29.2 Å². The number of carbonyl (C=O) groups excluding carboxylic acids is 4. The van der Waals surface area contributed by atoms with Gasteiger partial charge in [0, 0.05) is 0 Å². The minimum atomic E-state index is -1.27. The maximum absolute atomic E-state index is 12.8. The molecule has 0 fully saturated rings. The molecule has 44 heavy (non-hydrogen) atoms. The van der Waals surface area contributed by atoms with E-state index >= 15 is 0 Å². The zero-order valence-corrected chi connectivity index (χ0v) is 28.2. The van der Waals surface area contributed by atoms with Crippen LogP contribution >= 0.6 is 0 Å². The van der Waals surface area contributed by atoms with Gasteiger partial charge in [0.25, 0.3) is 0 Å². The minimum absolute atomic E-state index is 0.103. The first-order chi connectivity index (χ1) is 20.2. The van der Waals surface area contributed by atoms with Crippen LogP contribution in [-0.2, 0) is 28.5 Å². The van der Waals surface area contributed by atoms with E-state index in [9.17, 15) is 29.4 Å². The Morgan fingerprint density at radius 2 is 1.00 bits per heavy atom. The summed E-state index contributed by atoms with van der Waals surface area (Å²) in [6.07, 6.45) is -0.473. The van der Waals surface area contributed by atoms with Crippen molar-refractivity contribution < 1.29 is 48.3 Å². The van der Waals surface area contributed by atoms with Gasteiger partial charge in [-0.1, -0.05) is 87.8 Å². The summed E-state index contributed by atoms with van der Waals surface area (Å²) in [4.78, 5) is 50.8. The molecule has 0 spiro atoms. The van der Waals surface area contributed by atoms with Gasteiger partial charge in [0.2, 0.25) is 0 Å². The van der Waals surface area contributed by atoms with E-state index in [2.05, 4.69) is 0 Å². The summed E-state index contributed by atoms with van der Waals surface area (Å²) in [5, 5.41) is 20.6. The van der Waals surface area contributed by atoms with Crippen LogP contribution in [0, 0.1) is 28.1 Å². The lowest BCUT2D eigenvalue weighted by Crippen LogP contribution is -2.35. The lowest BCUT2D eigenvalue weighted by molar-refractivity contribution is -0.158. The smallest absolute Gasteiger partial charge is 0.339 e. The molecule has 4 atom stereocenters. The quantitative estimate of drug-likeness (QED) is 0.193. The van der Waals surface area contributed by atoms with Crippen LogP contribution in [0.2, 0.25) is 0 Å². The number of aliphatic hydroxyl groups excluding tert-OH is 2. The average molecular weight is 623 g/mol. The topological polar surface area (TPSA) is 146 Å². The fourth-order valence-electron chi connectivity index (χ4n) is 4.54. The highest BCUT2D eigenvalue weighted by atomic mass is 16.6. The zero-order valence-electron chi connectivity index (χ0n) is 28.2. The second-order valence-corrected chi connectivity index (χ2v) is 14.7. The van der Waals surface area contributed by atoms with Crippen LogP contribution in [0.1, 0.15) is 109 Å². The molecule has 0 heterocycles. The van der Waals surface area contributed by atoms with Crippen LogP contribution in [0.25, 0.3) is 0 Å². The summed E-state index contributed by atoms with van der Waals surface area (Å²) in [5.74, 6) is -3.35. The molecule has 0 aliphatic carbocycles. The van der Waals surface area contributed by atoms with Crippen LogP contribution in [0.15, 0.2) is 24.3 Å². The van der Waals surface area contributed by atoms with Crippen molar-refractivity contribution in [3.8, 4) is 0 Å². The molecule has 0 aliphatic rings. The van der Waals surface area contributed by atoms with Gasteiger partial charge in [-0.05, 0) is 41.2 Å². The summed E-state index contributed by atoms with van der Waals surface area (Å²) in [6.45, 7) is 18.2. The van der Waals surface area contributed by atoms with Crippen molar-refractivity contribution in [2.75, 3.05) is 26.4 Å². The Morgan fingerprint density at radius 3 is 1.34 bits per heavy atom. The van der Waals surface area contributed by atoms with E-state index in [4.69, 9.17) is 18.9 Å². The molecule has 250 valence electrons. The Kier molecular flexibility index (Phi) is 15.0. The van der Waals surface area contributed by atoms with Gasteiger partial charge in [0.1, 0.15) is 38.6 Å². The van der Waals surface area contributed by atoms with E-state index in [0.717, 1.165) is 6.42 Å². The summed E-state index contributed by atoms with van der Waals surface area (Å²) in [5.41, 5.74) is -0.953. The highest BCUT2D eigenvalue weighted by molar-refractivity contribution is 6.03. The molecule has 10 heteroatoms. The third-order valence-corrected chi connectivity index (χ3v) is 7.07. The molecule has 0 saturated heterocycles. The van der Waals surface area contributed by atoms with Gasteiger partial charge in [-0.3, -0.25) is 9.59 Å². The van der Waals surface area contributed by atoms with Crippen LogP contribution < -0.4 is 0 Å². The zero-order chi connectivity index (χ0) is 33.9. The van der Waals surface area contributed by atoms with Gasteiger partial charge in [-0.15, -0.1) is 0 Å². The number of esters is 4. The first-order valence-electron chi connectivity index (χ1n) is 15.3. The van der Waals surface area contributed by atoms with Gasteiger partial charge in [0.05, 0.1) is 23.0 Å². The summed E-state index contributed by atoms with van der Waals surface area (Å²) in [6, 6.07) is 5.79. The molecule has 2 N–H and O–H groups in total. The molecule has 0 aliphatic heterocycles.